The van der Waals surface area contributed by atoms with Crippen LogP contribution in [-0.2, 0) is 0 Å². The smallest absolute Gasteiger partial charge is 0.0132 e. The predicted molar refractivity (Wildman–Crippen MR) is 67.0 cm³/mol. The van der Waals surface area contributed by atoms with Crippen LogP contribution in [0.3, 0.4) is 0 Å². The molecular formula is C12H25NS. The Labute approximate surface area is 93.4 Å². The molecule has 0 radical (unpaired) electrons. The lowest BCUT2D eigenvalue weighted by atomic mass is 9.87. The summed E-state index contributed by atoms with van der Waals surface area (Å²) in [4.78, 5) is 0. The van der Waals surface area contributed by atoms with Crippen LogP contribution in [0.25, 0.3) is 0 Å². The van der Waals surface area contributed by atoms with Crippen molar-refractivity contribution in [3.63, 3.8) is 0 Å². The second-order valence-electron chi connectivity index (χ2n) is 5.16. The van der Waals surface area contributed by atoms with Crippen LogP contribution in [0, 0.1) is 5.41 Å². The Hall–Kier alpha value is 0.310. The van der Waals surface area contributed by atoms with E-state index in [1.54, 1.807) is 0 Å². The van der Waals surface area contributed by atoms with Crippen molar-refractivity contribution in [2.75, 3.05) is 11.5 Å². The summed E-state index contributed by atoms with van der Waals surface area (Å²) in [6.45, 7) is 9.35. The topological polar surface area (TPSA) is 12.0 Å². The maximum Gasteiger partial charge on any atom is 0.0132 e. The molecule has 1 fully saturated rings. The van der Waals surface area contributed by atoms with Crippen LogP contribution in [0.5, 0.6) is 0 Å². The van der Waals surface area contributed by atoms with Gasteiger partial charge in [0.25, 0.3) is 0 Å². The van der Waals surface area contributed by atoms with E-state index in [0.29, 0.717) is 11.5 Å². The lowest BCUT2D eigenvalue weighted by molar-refractivity contribution is 0.271. The molecule has 0 aromatic heterocycles. The average Bonchev–Trinajstić information content (AvgIpc) is 2.43. The van der Waals surface area contributed by atoms with Gasteiger partial charge in [0.15, 0.2) is 0 Å². The molecule has 2 atom stereocenters. The first kappa shape index (κ1) is 12.4. The highest BCUT2D eigenvalue weighted by molar-refractivity contribution is 7.99. The number of thioether (sulfide) groups is 1. The monoisotopic (exact) mass is 215 g/mol. The van der Waals surface area contributed by atoms with Crippen LogP contribution >= 0.6 is 11.8 Å². The fourth-order valence-corrected chi connectivity index (χ4v) is 3.01. The van der Waals surface area contributed by atoms with Crippen molar-refractivity contribution >= 4 is 11.8 Å². The number of hydrogen-bond donors (Lipinski definition) is 1. The Morgan fingerprint density at radius 3 is 2.71 bits per heavy atom. The molecule has 1 nitrogen and oxygen atoms in total. The third-order valence-corrected chi connectivity index (χ3v) is 4.46. The summed E-state index contributed by atoms with van der Waals surface area (Å²) < 4.78 is 0. The molecule has 0 saturated heterocycles. The van der Waals surface area contributed by atoms with Gasteiger partial charge < -0.3 is 5.32 Å². The third kappa shape index (κ3) is 3.47. The Balaban J connectivity index is 2.29. The van der Waals surface area contributed by atoms with E-state index in [-0.39, 0.29) is 0 Å². The van der Waals surface area contributed by atoms with Crippen LogP contribution in [0.15, 0.2) is 0 Å². The molecule has 0 aliphatic heterocycles. The van der Waals surface area contributed by atoms with Gasteiger partial charge in [-0.15, -0.1) is 0 Å². The van der Waals surface area contributed by atoms with Gasteiger partial charge in [-0.1, -0.05) is 27.2 Å². The number of hydrogen-bond acceptors (Lipinski definition) is 2. The first-order chi connectivity index (χ1) is 6.56. The van der Waals surface area contributed by atoms with Crippen molar-refractivity contribution in [2.45, 2.75) is 59.0 Å². The Bertz CT molecular complexity index is 168. The van der Waals surface area contributed by atoms with Crippen LogP contribution in [0.4, 0.5) is 0 Å². The molecule has 0 heterocycles. The SMILES string of the molecule is CCSCC(C)NC1CCCC1(C)C. The van der Waals surface area contributed by atoms with Gasteiger partial charge in [0.05, 0.1) is 0 Å². The molecule has 0 spiro atoms. The fraction of sp³-hybridized carbons (Fsp3) is 1.00. The first-order valence-electron chi connectivity index (χ1n) is 5.90. The zero-order valence-electron chi connectivity index (χ0n) is 10.1. The van der Waals surface area contributed by atoms with E-state index in [0.717, 1.165) is 6.04 Å². The highest BCUT2D eigenvalue weighted by Crippen LogP contribution is 2.37. The summed E-state index contributed by atoms with van der Waals surface area (Å²) in [5.74, 6) is 2.49. The van der Waals surface area contributed by atoms with Gasteiger partial charge in [-0.2, -0.15) is 11.8 Å². The molecule has 1 aliphatic carbocycles. The molecule has 0 amide bonds. The average molecular weight is 215 g/mol. The Kier molecular flexibility index (Phi) is 4.78. The Morgan fingerprint density at radius 1 is 1.50 bits per heavy atom. The summed E-state index contributed by atoms with van der Waals surface area (Å²) in [5.41, 5.74) is 0.519. The van der Waals surface area contributed by atoms with Gasteiger partial charge in [0, 0.05) is 17.8 Å². The van der Waals surface area contributed by atoms with Crippen molar-refractivity contribution in [1.29, 1.82) is 0 Å². The molecule has 2 heteroatoms. The molecule has 1 rings (SSSR count). The minimum Gasteiger partial charge on any atom is -0.310 e. The van der Waals surface area contributed by atoms with Gasteiger partial charge in [-0.3, -0.25) is 0 Å². The summed E-state index contributed by atoms with van der Waals surface area (Å²) in [6.07, 6.45) is 4.16. The zero-order chi connectivity index (χ0) is 10.6. The van der Waals surface area contributed by atoms with E-state index in [4.69, 9.17) is 0 Å². The molecule has 0 aromatic rings. The molecule has 1 aliphatic rings. The van der Waals surface area contributed by atoms with E-state index < -0.39 is 0 Å². The highest BCUT2D eigenvalue weighted by atomic mass is 32.2. The number of nitrogens with one attached hydrogen (secondary N) is 1. The minimum atomic E-state index is 0.519. The highest BCUT2D eigenvalue weighted by Gasteiger charge is 2.34. The summed E-state index contributed by atoms with van der Waals surface area (Å²) in [7, 11) is 0. The van der Waals surface area contributed by atoms with Gasteiger partial charge in [0.1, 0.15) is 0 Å². The standard InChI is InChI=1S/C12H25NS/c1-5-14-9-10(2)13-11-7-6-8-12(11,3)4/h10-11,13H,5-9H2,1-4H3. The van der Waals surface area contributed by atoms with E-state index in [9.17, 15) is 0 Å². The number of rotatable bonds is 5. The molecule has 0 aromatic carbocycles. The minimum absolute atomic E-state index is 0.519. The lowest BCUT2D eigenvalue weighted by Gasteiger charge is -2.30. The fourth-order valence-electron chi connectivity index (χ4n) is 2.32. The zero-order valence-corrected chi connectivity index (χ0v) is 10.9. The molecule has 1 saturated carbocycles. The first-order valence-corrected chi connectivity index (χ1v) is 7.05. The Morgan fingerprint density at radius 2 is 2.21 bits per heavy atom. The summed E-state index contributed by atoms with van der Waals surface area (Å²) in [5, 5.41) is 3.78. The molecule has 84 valence electrons. The normalized spacial score (nSPS) is 27.9. The maximum absolute atomic E-state index is 3.78. The second kappa shape index (κ2) is 5.41. The van der Waals surface area contributed by atoms with E-state index in [2.05, 4.69) is 33.0 Å². The van der Waals surface area contributed by atoms with Gasteiger partial charge in [-0.05, 0) is 30.9 Å². The van der Waals surface area contributed by atoms with Crippen LogP contribution in [0.2, 0.25) is 0 Å². The van der Waals surface area contributed by atoms with Crippen molar-refractivity contribution in [1.82, 2.24) is 5.32 Å². The lowest BCUT2D eigenvalue weighted by Crippen LogP contribution is -2.43. The molecule has 2 unspecified atom stereocenters. The van der Waals surface area contributed by atoms with E-state index >= 15 is 0 Å². The maximum atomic E-state index is 3.78. The van der Waals surface area contributed by atoms with Crippen LogP contribution in [0.1, 0.15) is 47.0 Å². The van der Waals surface area contributed by atoms with Crippen molar-refractivity contribution in [3.8, 4) is 0 Å². The third-order valence-electron chi connectivity index (χ3n) is 3.31. The van der Waals surface area contributed by atoms with Crippen molar-refractivity contribution < 1.29 is 0 Å². The largest absolute Gasteiger partial charge is 0.310 e. The summed E-state index contributed by atoms with van der Waals surface area (Å²) in [6, 6.07) is 1.41. The van der Waals surface area contributed by atoms with Gasteiger partial charge in [0.2, 0.25) is 0 Å². The van der Waals surface area contributed by atoms with Gasteiger partial charge in [-0.25, -0.2) is 0 Å². The van der Waals surface area contributed by atoms with E-state index in [1.165, 1.54) is 30.8 Å². The van der Waals surface area contributed by atoms with Crippen molar-refractivity contribution in [2.24, 2.45) is 5.41 Å². The molecule has 0 bridgehead atoms. The van der Waals surface area contributed by atoms with Crippen LogP contribution in [-0.4, -0.2) is 23.6 Å². The molecule has 14 heavy (non-hydrogen) atoms. The quantitative estimate of drug-likeness (QED) is 0.755. The predicted octanol–water partition coefficient (Wildman–Crippen LogP) is 3.30. The second-order valence-corrected chi connectivity index (χ2v) is 6.48. The molecule has 1 N–H and O–H groups in total. The van der Waals surface area contributed by atoms with Gasteiger partial charge >= 0.3 is 0 Å². The summed E-state index contributed by atoms with van der Waals surface area (Å²) >= 11 is 2.04. The molecular weight excluding hydrogens is 190 g/mol. The van der Waals surface area contributed by atoms with Crippen LogP contribution < -0.4 is 5.32 Å². The van der Waals surface area contributed by atoms with E-state index in [1.807, 2.05) is 11.8 Å². The van der Waals surface area contributed by atoms with Crippen molar-refractivity contribution in [3.05, 3.63) is 0 Å².